The van der Waals surface area contributed by atoms with Gasteiger partial charge in [-0.2, -0.15) is 5.10 Å². The van der Waals surface area contributed by atoms with Crippen LogP contribution in [0.1, 0.15) is 74.2 Å². The van der Waals surface area contributed by atoms with Crippen molar-refractivity contribution < 1.29 is 14.3 Å². The summed E-state index contributed by atoms with van der Waals surface area (Å²) in [6, 6.07) is 14.2. The zero-order chi connectivity index (χ0) is 28.5. The molecule has 4 rings (SSSR count). The van der Waals surface area contributed by atoms with E-state index < -0.39 is 0 Å². The molecule has 0 spiro atoms. The van der Waals surface area contributed by atoms with E-state index in [1.165, 1.54) is 0 Å². The van der Waals surface area contributed by atoms with Gasteiger partial charge in [-0.15, -0.1) is 11.8 Å². The van der Waals surface area contributed by atoms with E-state index >= 15 is 0 Å². The van der Waals surface area contributed by atoms with Gasteiger partial charge in [-0.1, -0.05) is 63.6 Å². The molecule has 8 heteroatoms. The van der Waals surface area contributed by atoms with E-state index in [0.717, 1.165) is 45.8 Å². The fourth-order valence-electron chi connectivity index (χ4n) is 4.98. The van der Waals surface area contributed by atoms with Crippen LogP contribution in [0.5, 0.6) is 5.75 Å². The first kappa shape index (κ1) is 28.7. The predicted molar refractivity (Wildman–Crippen MR) is 159 cm³/mol. The second-order valence-electron chi connectivity index (χ2n) is 11.3. The van der Waals surface area contributed by atoms with Gasteiger partial charge < -0.3 is 10.1 Å². The third-order valence-electron chi connectivity index (χ3n) is 7.12. The molecule has 2 atom stereocenters. The molecule has 0 fully saturated rings. The fourth-order valence-corrected chi connectivity index (χ4v) is 6.20. The van der Waals surface area contributed by atoms with Crippen LogP contribution >= 0.6 is 11.8 Å². The molecule has 2 aromatic carbocycles. The number of nitrogens with zero attached hydrogens (tertiary/aromatic N) is 3. The van der Waals surface area contributed by atoms with Crippen LogP contribution in [0.3, 0.4) is 0 Å². The Balaban J connectivity index is 2.04. The predicted octanol–water partition coefficient (Wildman–Crippen LogP) is 5.88. The van der Waals surface area contributed by atoms with E-state index in [-0.39, 0.29) is 40.8 Å². The number of benzene rings is 2. The van der Waals surface area contributed by atoms with Gasteiger partial charge in [0, 0.05) is 22.6 Å². The molecule has 0 unspecified atom stereocenters. The minimum Gasteiger partial charge on any atom is -0.496 e. The van der Waals surface area contributed by atoms with Crippen molar-refractivity contribution in [1.29, 1.82) is 0 Å². The average molecular weight is 549 g/mol. The number of aromatic nitrogens is 2. The Bertz CT molecular complexity index is 1370. The van der Waals surface area contributed by atoms with Crippen molar-refractivity contribution in [2.75, 3.05) is 24.3 Å². The Labute approximate surface area is 236 Å². The van der Waals surface area contributed by atoms with E-state index in [1.54, 1.807) is 23.8 Å². The van der Waals surface area contributed by atoms with Crippen LogP contribution in [0.2, 0.25) is 0 Å². The number of carbonyl (C=O) groups is 2. The Morgan fingerprint density at radius 3 is 2.56 bits per heavy atom. The zero-order valence-corrected chi connectivity index (χ0v) is 25.1. The number of para-hydroxylation sites is 1. The highest BCUT2D eigenvalue weighted by Gasteiger charge is 2.40. The Kier molecular flexibility index (Phi) is 8.45. The van der Waals surface area contributed by atoms with Gasteiger partial charge in [-0.05, 0) is 44.9 Å². The number of aryl methyl sites for hydroxylation is 2. The van der Waals surface area contributed by atoms with Gasteiger partial charge in [-0.3, -0.25) is 14.5 Å². The Morgan fingerprint density at radius 2 is 1.92 bits per heavy atom. The molecule has 2 heterocycles. The van der Waals surface area contributed by atoms with Gasteiger partial charge in [-0.25, -0.2) is 4.68 Å². The molecule has 7 nitrogen and oxygen atoms in total. The summed E-state index contributed by atoms with van der Waals surface area (Å²) >= 11 is 1.56. The molecule has 0 saturated heterocycles. The van der Waals surface area contributed by atoms with Gasteiger partial charge in [0.25, 0.3) is 0 Å². The number of carbonyl (C=O) groups excluding carboxylic acids is 2. The van der Waals surface area contributed by atoms with E-state index in [2.05, 4.69) is 58.1 Å². The number of methoxy groups -OCH3 is 1. The summed E-state index contributed by atoms with van der Waals surface area (Å²) in [5, 5.41) is 8.03. The number of hydrogen-bond donors (Lipinski definition) is 1. The van der Waals surface area contributed by atoms with Crippen molar-refractivity contribution in [2.24, 2.45) is 0 Å². The molecule has 1 aromatic heterocycles. The lowest BCUT2D eigenvalue weighted by Crippen LogP contribution is -2.44. The molecule has 2 amide bonds. The SMILES string of the molecule is CC[C@@H](C)NC(=O)CN1C(=O)CS[C@@H](c2ccccc2OC)c2c(C(C)(C)C)nn(-c3ccc(C)cc3C)c21. The molecular formula is C31H40N4O3S. The maximum Gasteiger partial charge on any atom is 0.240 e. The molecule has 0 radical (unpaired) electrons. The van der Waals surface area contributed by atoms with Gasteiger partial charge in [0.05, 0.1) is 29.5 Å². The minimum absolute atomic E-state index is 0.0177. The average Bonchev–Trinajstić information content (AvgIpc) is 3.21. The van der Waals surface area contributed by atoms with E-state index in [1.807, 2.05) is 42.8 Å². The fraction of sp³-hybridized carbons (Fsp3) is 0.452. The van der Waals surface area contributed by atoms with Gasteiger partial charge >= 0.3 is 0 Å². The van der Waals surface area contributed by atoms with Crippen LogP contribution in [0.15, 0.2) is 42.5 Å². The second kappa shape index (κ2) is 11.5. The Morgan fingerprint density at radius 1 is 1.21 bits per heavy atom. The summed E-state index contributed by atoms with van der Waals surface area (Å²) in [4.78, 5) is 28.7. The van der Waals surface area contributed by atoms with Gasteiger partial charge in [0.2, 0.25) is 11.8 Å². The number of fused-ring (bicyclic) bond motifs is 1. The topological polar surface area (TPSA) is 76.5 Å². The number of anilines is 1. The third kappa shape index (κ3) is 5.86. The minimum atomic E-state index is -0.327. The first-order chi connectivity index (χ1) is 18.5. The smallest absolute Gasteiger partial charge is 0.240 e. The lowest BCUT2D eigenvalue weighted by molar-refractivity contribution is -0.123. The normalized spacial score (nSPS) is 16.5. The van der Waals surface area contributed by atoms with Crippen LogP contribution in [0, 0.1) is 13.8 Å². The highest BCUT2D eigenvalue weighted by Crippen LogP contribution is 2.50. The van der Waals surface area contributed by atoms with E-state index in [0.29, 0.717) is 5.82 Å². The first-order valence-electron chi connectivity index (χ1n) is 13.5. The highest BCUT2D eigenvalue weighted by molar-refractivity contribution is 8.00. The molecule has 0 bridgehead atoms. The monoisotopic (exact) mass is 548 g/mol. The summed E-state index contributed by atoms with van der Waals surface area (Å²) in [5.74, 6) is 1.33. The van der Waals surface area contributed by atoms with Gasteiger partial charge in [0.15, 0.2) is 0 Å². The molecule has 1 N–H and O–H groups in total. The van der Waals surface area contributed by atoms with Crippen LogP contribution in [0.4, 0.5) is 5.82 Å². The van der Waals surface area contributed by atoms with Gasteiger partial charge in [0.1, 0.15) is 18.1 Å². The second-order valence-corrected chi connectivity index (χ2v) is 12.4. The lowest BCUT2D eigenvalue weighted by Gasteiger charge is -2.25. The summed E-state index contributed by atoms with van der Waals surface area (Å²) in [5.41, 5.74) is 5.57. The van der Waals surface area contributed by atoms with Crippen LogP contribution in [-0.2, 0) is 15.0 Å². The quantitative estimate of drug-likeness (QED) is 0.399. The number of amides is 2. The number of thioether (sulfide) groups is 1. The maximum atomic E-state index is 13.8. The van der Waals surface area contributed by atoms with Crippen molar-refractivity contribution in [3.8, 4) is 11.4 Å². The van der Waals surface area contributed by atoms with E-state index in [9.17, 15) is 9.59 Å². The maximum absolute atomic E-state index is 13.8. The van der Waals surface area contributed by atoms with Crippen LogP contribution in [-0.4, -0.2) is 47.0 Å². The largest absolute Gasteiger partial charge is 0.496 e. The third-order valence-corrected chi connectivity index (χ3v) is 8.36. The Hall–Kier alpha value is -3.26. The molecular weight excluding hydrogens is 508 g/mol. The van der Waals surface area contributed by atoms with E-state index in [4.69, 9.17) is 9.84 Å². The zero-order valence-electron chi connectivity index (χ0n) is 24.3. The molecule has 3 aromatic rings. The summed E-state index contributed by atoms with van der Waals surface area (Å²) in [7, 11) is 1.67. The summed E-state index contributed by atoms with van der Waals surface area (Å²) < 4.78 is 7.66. The molecule has 0 aliphatic carbocycles. The lowest BCUT2D eigenvalue weighted by atomic mass is 9.87. The molecule has 39 heavy (non-hydrogen) atoms. The molecule has 1 aliphatic rings. The molecule has 1 aliphatic heterocycles. The molecule has 0 saturated carbocycles. The van der Waals surface area contributed by atoms with Crippen LogP contribution < -0.4 is 15.0 Å². The van der Waals surface area contributed by atoms with Crippen molar-refractivity contribution in [3.63, 3.8) is 0 Å². The summed E-state index contributed by atoms with van der Waals surface area (Å²) in [6.07, 6.45) is 0.811. The van der Waals surface area contributed by atoms with Crippen molar-refractivity contribution in [1.82, 2.24) is 15.1 Å². The summed E-state index contributed by atoms with van der Waals surface area (Å²) in [6.45, 7) is 14.5. The molecule has 208 valence electrons. The number of nitrogens with one attached hydrogen (secondary N) is 1. The van der Waals surface area contributed by atoms with Crippen molar-refractivity contribution >= 4 is 29.4 Å². The first-order valence-corrected chi connectivity index (χ1v) is 14.6. The number of hydrogen-bond acceptors (Lipinski definition) is 5. The van der Waals surface area contributed by atoms with Crippen molar-refractivity contribution in [3.05, 3.63) is 70.4 Å². The van der Waals surface area contributed by atoms with Crippen molar-refractivity contribution in [2.45, 2.75) is 71.6 Å². The highest BCUT2D eigenvalue weighted by atomic mass is 32.2. The number of rotatable bonds is 7. The number of ether oxygens (including phenoxy) is 1. The van der Waals surface area contributed by atoms with Crippen LogP contribution in [0.25, 0.3) is 5.69 Å². The standard InChI is InChI=1S/C31H40N4O3S/c1-9-21(4)32-25(36)17-34-26(37)18-39-28(22-12-10-11-13-24(22)38-8)27-29(31(5,6)7)33-35(30(27)34)23-15-14-19(2)16-20(23)3/h10-16,21,28H,9,17-18H2,1-8H3,(H,32,36)/t21-,28+/m1/s1.